The van der Waals surface area contributed by atoms with Crippen LogP contribution in [-0.2, 0) is 10.2 Å². The van der Waals surface area contributed by atoms with E-state index in [9.17, 15) is 15.0 Å². The van der Waals surface area contributed by atoms with Crippen molar-refractivity contribution in [3.8, 4) is 5.75 Å². The molecule has 0 spiro atoms. The van der Waals surface area contributed by atoms with E-state index >= 15 is 0 Å². The lowest BCUT2D eigenvalue weighted by Crippen LogP contribution is -2.28. The molecular weight excluding hydrogens is 216 g/mol. The molecule has 3 nitrogen and oxygen atoms in total. The van der Waals surface area contributed by atoms with Gasteiger partial charge in [0.05, 0.1) is 5.41 Å². The molecule has 2 N–H and O–H groups in total. The Balaban J connectivity index is 2.84. The molecule has 0 aliphatic heterocycles. The van der Waals surface area contributed by atoms with Gasteiger partial charge in [0, 0.05) is 5.56 Å². The van der Waals surface area contributed by atoms with Gasteiger partial charge in [0.2, 0.25) is 0 Å². The van der Waals surface area contributed by atoms with Gasteiger partial charge in [-0.15, -0.1) is 0 Å². The van der Waals surface area contributed by atoms with E-state index in [0.29, 0.717) is 5.56 Å². The van der Waals surface area contributed by atoms with Crippen LogP contribution in [0.3, 0.4) is 0 Å². The summed E-state index contributed by atoms with van der Waals surface area (Å²) >= 11 is 0. The van der Waals surface area contributed by atoms with Crippen molar-refractivity contribution in [1.82, 2.24) is 0 Å². The predicted molar refractivity (Wildman–Crippen MR) is 66.3 cm³/mol. The van der Waals surface area contributed by atoms with Crippen LogP contribution in [0.2, 0.25) is 0 Å². The first-order chi connectivity index (χ1) is 7.94. The van der Waals surface area contributed by atoms with E-state index in [2.05, 4.69) is 0 Å². The second kappa shape index (κ2) is 3.77. The highest BCUT2D eigenvalue weighted by molar-refractivity contribution is 5.94. The normalized spacial score (nSPS) is 11.6. The molecule has 0 bridgehead atoms. The van der Waals surface area contributed by atoms with Crippen molar-refractivity contribution in [3.05, 3.63) is 42.0 Å². The summed E-state index contributed by atoms with van der Waals surface area (Å²) < 4.78 is 0. The Bertz CT molecular complexity index is 585. The van der Waals surface area contributed by atoms with Gasteiger partial charge in [-0.1, -0.05) is 30.3 Å². The fourth-order valence-corrected chi connectivity index (χ4v) is 2.02. The number of carboxylic acids is 1. The van der Waals surface area contributed by atoms with E-state index in [4.69, 9.17) is 0 Å². The summed E-state index contributed by atoms with van der Waals surface area (Å²) in [6.07, 6.45) is 0. The van der Waals surface area contributed by atoms with Crippen LogP contribution in [0, 0.1) is 0 Å². The van der Waals surface area contributed by atoms with Gasteiger partial charge >= 0.3 is 5.97 Å². The van der Waals surface area contributed by atoms with Gasteiger partial charge in [-0.25, -0.2) is 0 Å². The van der Waals surface area contributed by atoms with Gasteiger partial charge < -0.3 is 10.2 Å². The minimum Gasteiger partial charge on any atom is -0.508 e. The number of fused-ring (bicyclic) bond motifs is 1. The van der Waals surface area contributed by atoms with Crippen LogP contribution in [0.15, 0.2) is 36.4 Å². The predicted octanol–water partition coefficient (Wildman–Crippen LogP) is 2.91. The zero-order valence-electron chi connectivity index (χ0n) is 9.77. The summed E-state index contributed by atoms with van der Waals surface area (Å²) in [6.45, 7) is 3.19. The molecule has 0 aliphatic carbocycles. The maximum Gasteiger partial charge on any atom is 0.313 e. The van der Waals surface area contributed by atoms with Crippen LogP contribution in [0.4, 0.5) is 0 Å². The third-order valence-electron chi connectivity index (χ3n) is 3.07. The third kappa shape index (κ3) is 1.73. The number of rotatable bonds is 2. The van der Waals surface area contributed by atoms with Crippen LogP contribution in [0.25, 0.3) is 10.8 Å². The molecule has 2 rings (SSSR count). The summed E-state index contributed by atoms with van der Waals surface area (Å²) in [5.74, 6) is -0.930. The van der Waals surface area contributed by atoms with Crippen LogP contribution in [-0.4, -0.2) is 16.2 Å². The molecule has 2 aromatic rings. The van der Waals surface area contributed by atoms with Gasteiger partial charge in [-0.05, 0) is 30.7 Å². The lowest BCUT2D eigenvalue weighted by Gasteiger charge is -2.22. The van der Waals surface area contributed by atoms with E-state index in [1.165, 1.54) is 0 Å². The van der Waals surface area contributed by atoms with Gasteiger partial charge in [0.1, 0.15) is 5.75 Å². The topological polar surface area (TPSA) is 57.5 Å². The van der Waals surface area contributed by atoms with Crippen molar-refractivity contribution in [2.75, 3.05) is 0 Å². The highest BCUT2D eigenvalue weighted by Gasteiger charge is 2.33. The van der Waals surface area contributed by atoms with E-state index in [-0.39, 0.29) is 5.75 Å². The summed E-state index contributed by atoms with van der Waals surface area (Å²) in [7, 11) is 0. The standard InChI is InChI=1S/C14H14O3/c1-14(2,13(16)17)12-10-6-4-3-5-9(10)7-8-11(12)15/h3-8,15H,1-2H3,(H,16,17). The summed E-state index contributed by atoms with van der Waals surface area (Å²) in [4.78, 5) is 11.3. The molecular formula is C14H14O3. The highest BCUT2D eigenvalue weighted by Crippen LogP contribution is 2.37. The molecule has 17 heavy (non-hydrogen) atoms. The number of aliphatic carboxylic acids is 1. The Kier molecular flexibility index (Phi) is 2.54. The number of phenolic OH excluding ortho intramolecular Hbond substituents is 1. The van der Waals surface area contributed by atoms with Crippen molar-refractivity contribution in [2.24, 2.45) is 0 Å². The number of hydrogen-bond acceptors (Lipinski definition) is 2. The summed E-state index contributed by atoms with van der Waals surface area (Å²) in [5, 5.41) is 20.9. The fourth-order valence-electron chi connectivity index (χ4n) is 2.02. The first-order valence-electron chi connectivity index (χ1n) is 5.39. The maximum absolute atomic E-state index is 11.3. The number of benzene rings is 2. The van der Waals surface area contributed by atoms with Gasteiger partial charge in [0.25, 0.3) is 0 Å². The Morgan fingerprint density at radius 2 is 1.76 bits per heavy atom. The molecule has 0 fully saturated rings. The van der Waals surface area contributed by atoms with E-state index in [0.717, 1.165) is 10.8 Å². The van der Waals surface area contributed by atoms with Gasteiger partial charge in [-0.2, -0.15) is 0 Å². The Labute approximate surface area is 99.3 Å². The molecule has 88 valence electrons. The van der Waals surface area contributed by atoms with E-state index in [1.54, 1.807) is 26.0 Å². The second-order valence-electron chi connectivity index (χ2n) is 4.61. The fraction of sp³-hybridized carbons (Fsp3) is 0.214. The van der Waals surface area contributed by atoms with Crippen molar-refractivity contribution < 1.29 is 15.0 Å². The minimum absolute atomic E-state index is 0.0242. The highest BCUT2D eigenvalue weighted by atomic mass is 16.4. The van der Waals surface area contributed by atoms with Crippen molar-refractivity contribution in [2.45, 2.75) is 19.3 Å². The number of carboxylic acid groups (broad SMARTS) is 1. The zero-order chi connectivity index (χ0) is 12.6. The smallest absolute Gasteiger partial charge is 0.313 e. The average molecular weight is 230 g/mol. The molecule has 0 unspecified atom stereocenters. The summed E-state index contributed by atoms with van der Waals surface area (Å²) in [5.41, 5.74) is -0.659. The Morgan fingerprint density at radius 3 is 2.41 bits per heavy atom. The molecule has 3 heteroatoms. The minimum atomic E-state index is -1.12. The lowest BCUT2D eigenvalue weighted by atomic mass is 9.81. The maximum atomic E-state index is 11.3. The molecule has 2 aromatic carbocycles. The molecule has 0 radical (unpaired) electrons. The van der Waals surface area contributed by atoms with Crippen LogP contribution < -0.4 is 0 Å². The third-order valence-corrected chi connectivity index (χ3v) is 3.07. The Hall–Kier alpha value is -2.03. The molecule has 0 heterocycles. The quantitative estimate of drug-likeness (QED) is 0.834. The summed E-state index contributed by atoms with van der Waals surface area (Å²) in [6, 6.07) is 10.8. The molecule has 0 aliphatic rings. The number of hydrogen-bond donors (Lipinski definition) is 2. The SMILES string of the molecule is CC(C)(C(=O)O)c1c(O)ccc2ccccc12. The molecule has 0 saturated heterocycles. The van der Waals surface area contributed by atoms with E-state index < -0.39 is 11.4 Å². The lowest BCUT2D eigenvalue weighted by molar-refractivity contribution is -0.142. The molecule has 0 atom stereocenters. The molecule has 0 saturated carbocycles. The Morgan fingerprint density at radius 1 is 1.12 bits per heavy atom. The average Bonchev–Trinajstić information content (AvgIpc) is 2.28. The first-order valence-corrected chi connectivity index (χ1v) is 5.39. The second-order valence-corrected chi connectivity index (χ2v) is 4.61. The number of carbonyl (C=O) groups is 1. The van der Waals surface area contributed by atoms with E-state index in [1.807, 2.05) is 24.3 Å². The van der Waals surface area contributed by atoms with Crippen LogP contribution >= 0.6 is 0 Å². The number of phenols is 1. The van der Waals surface area contributed by atoms with Crippen LogP contribution in [0.5, 0.6) is 5.75 Å². The van der Waals surface area contributed by atoms with Crippen molar-refractivity contribution in [1.29, 1.82) is 0 Å². The monoisotopic (exact) mass is 230 g/mol. The molecule has 0 aromatic heterocycles. The molecule has 0 amide bonds. The first kappa shape index (κ1) is 11.5. The van der Waals surface area contributed by atoms with Crippen molar-refractivity contribution >= 4 is 16.7 Å². The largest absolute Gasteiger partial charge is 0.508 e. The van der Waals surface area contributed by atoms with Crippen LogP contribution in [0.1, 0.15) is 19.4 Å². The van der Waals surface area contributed by atoms with Gasteiger partial charge in [0.15, 0.2) is 0 Å². The zero-order valence-corrected chi connectivity index (χ0v) is 9.77. The van der Waals surface area contributed by atoms with Gasteiger partial charge in [-0.3, -0.25) is 4.79 Å². The number of aromatic hydroxyl groups is 1. The van der Waals surface area contributed by atoms with Crippen molar-refractivity contribution in [3.63, 3.8) is 0 Å².